The van der Waals surface area contributed by atoms with Crippen LogP contribution in [0.4, 0.5) is 0 Å². The predicted molar refractivity (Wildman–Crippen MR) is 268 cm³/mol. The number of rotatable bonds is 24. The zero-order valence-electron chi connectivity index (χ0n) is 44.5. The average molecular weight is 1150 g/mol. The number of carbonyl (C=O) groups excluding carboxylic acids is 3. The van der Waals surface area contributed by atoms with Crippen molar-refractivity contribution in [1.82, 2.24) is 15.6 Å². The van der Waals surface area contributed by atoms with Gasteiger partial charge in [-0.3, -0.25) is 19.2 Å². The van der Waals surface area contributed by atoms with E-state index < -0.39 is 178 Å². The number of unbranched alkanes of at least 4 members (excludes halogenated alkanes) is 5. The Hall–Kier alpha value is -4.65. The van der Waals surface area contributed by atoms with Crippen molar-refractivity contribution in [2.24, 2.45) is 0 Å². The van der Waals surface area contributed by atoms with Gasteiger partial charge in [-0.25, -0.2) is 4.79 Å². The average Bonchev–Trinajstić information content (AvgIpc) is 3.43. The molecule has 2 aromatic rings. The highest BCUT2D eigenvalue weighted by atomic mass is 16.8. The summed E-state index contributed by atoms with van der Waals surface area (Å²) in [4.78, 5) is 64.1. The standard InChI is InChI=1S/C33H48N2O14.C17H29NO13/c1-17-26(40)27(41)28(42)33(47-17)49-29-22(16-36)48-32(46-14-9-7-5-4-6-8-13-23(39)44-2)25(30(29)45-3)35-31(43)19-15-21(38)18-11-10-12-20(37)24(18)34-19;1-6(21)18-11-7(22)2-17(16(27)28,31-15(11)12(25)8(23)3-19)30-14-9(24)5-29-10(4-20)13(14)26/h10-12,15,17,22,25-30,32-33,36-37,40-42H,4-9,13-14,16H2,1-3H3,(H,34,38)(H,35,43);7-15,19-20,22-26H,2-5H2,1H3,(H,18,21)(H,27,28)/t17?,22?,25?,26-,27?,28?,29-,30?,32-,33?;7?,8-,9?,10?,11-,12-,13+,14?,15?,17-/m11/s1. The van der Waals surface area contributed by atoms with Crippen molar-refractivity contribution < 1.29 is 128 Å². The second-order valence-electron chi connectivity index (χ2n) is 19.8. The number of aliphatic hydroxyl groups excluding tert-OH is 11. The molecule has 454 valence electrons. The first kappa shape index (κ1) is 66.2. The molecule has 6 rings (SSSR count). The van der Waals surface area contributed by atoms with E-state index in [1.165, 1.54) is 39.3 Å². The number of carbonyl (C=O) groups is 4. The van der Waals surface area contributed by atoms with Crippen LogP contribution in [0.1, 0.15) is 75.7 Å². The Bertz CT molecular complexity index is 2370. The summed E-state index contributed by atoms with van der Waals surface area (Å²) in [5.41, 5.74) is -0.601. The van der Waals surface area contributed by atoms with E-state index in [1.54, 1.807) is 0 Å². The molecule has 1 aromatic heterocycles. The smallest absolute Gasteiger partial charge is 0.364 e. The number of methoxy groups -OCH3 is 2. The highest BCUT2D eigenvalue weighted by molar-refractivity contribution is 5.96. The van der Waals surface area contributed by atoms with Crippen LogP contribution in [0.25, 0.3) is 10.9 Å². The number of esters is 1. The third kappa shape index (κ3) is 16.3. The van der Waals surface area contributed by atoms with Crippen LogP contribution in [0, 0.1) is 0 Å². The number of fused-ring (bicyclic) bond motifs is 1. The van der Waals surface area contributed by atoms with Gasteiger partial charge in [0, 0.05) is 44.9 Å². The van der Waals surface area contributed by atoms with Crippen LogP contribution >= 0.6 is 0 Å². The van der Waals surface area contributed by atoms with Crippen molar-refractivity contribution in [2.75, 3.05) is 47.3 Å². The van der Waals surface area contributed by atoms with Gasteiger partial charge < -0.3 is 125 Å². The third-order valence-corrected chi connectivity index (χ3v) is 14.1. The number of carboxylic acid groups (broad SMARTS) is 1. The second-order valence-corrected chi connectivity index (χ2v) is 19.8. The summed E-state index contributed by atoms with van der Waals surface area (Å²) in [5, 5.41) is 136. The molecule has 0 saturated carbocycles. The number of H-pyrrole nitrogens is 1. The Morgan fingerprint density at radius 3 is 2.11 bits per heavy atom. The van der Waals surface area contributed by atoms with Gasteiger partial charge in [-0.15, -0.1) is 0 Å². The first-order valence-corrected chi connectivity index (χ1v) is 26.1. The van der Waals surface area contributed by atoms with Gasteiger partial charge in [0.25, 0.3) is 11.7 Å². The molecule has 5 heterocycles. The summed E-state index contributed by atoms with van der Waals surface area (Å²) >= 11 is 0. The monoisotopic (exact) mass is 1150 g/mol. The number of nitrogens with one attached hydrogen (secondary N) is 3. The molecule has 2 amide bonds. The molecule has 80 heavy (non-hydrogen) atoms. The zero-order valence-corrected chi connectivity index (χ0v) is 44.5. The number of phenolic OH excluding ortho intramolecular Hbond substituents is 1. The number of para-hydroxylation sites is 1. The normalized spacial score (nSPS) is 34.3. The maximum atomic E-state index is 13.6. The molecule has 4 fully saturated rings. The molecular weight excluding hydrogens is 1070 g/mol. The van der Waals surface area contributed by atoms with Crippen LogP contribution < -0.4 is 16.1 Å². The number of hydrogen-bond acceptors (Lipinski definition) is 26. The molecule has 4 saturated heterocycles. The largest absolute Gasteiger partial charge is 0.506 e. The summed E-state index contributed by atoms with van der Waals surface area (Å²) in [6.07, 6.45) is -20.4. The van der Waals surface area contributed by atoms with Gasteiger partial charge in [0.1, 0.15) is 96.8 Å². The van der Waals surface area contributed by atoms with Crippen LogP contribution in [0.15, 0.2) is 29.1 Å². The Morgan fingerprint density at radius 2 is 1.49 bits per heavy atom. The van der Waals surface area contributed by atoms with Crippen molar-refractivity contribution in [1.29, 1.82) is 0 Å². The molecule has 0 radical (unpaired) electrons. The Morgan fingerprint density at radius 1 is 0.812 bits per heavy atom. The fourth-order valence-electron chi connectivity index (χ4n) is 9.69. The molecule has 0 bridgehead atoms. The number of hydrogen-bond donors (Lipinski definition) is 16. The number of ether oxygens (including phenoxy) is 9. The Balaban J connectivity index is 0.000000326. The van der Waals surface area contributed by atoms with Gasteiger partial charge in [-0.05, 0) is 31.9 Å². The minimum absolute atomic E-state index is 0.0706. The summed E-state index contributed by atoms with van der Waals surface area (Å²) < 4.78 is 50.1. The molecule has 1 aromatic carbocycles. The molecule has 16 N–H and O–H groups in total. The molecular formula is C50H77N3O27. The van der Waals surface area contributed by atoms with E-state index in [0.717, 1.165) is 45.1 Å². The molecule has 12 unspecified atom stereocenters. The van der Waals surface area contributed by atoms with Gasteiger partial charge in [0.15, 0.2) is 18.0 Å². The van der Waals surface area contributed by atoms with Gasteiger partial charge in [0.2, 0.25) is 5.91 Å². The quantitative estimate of drug-likeness (QED) is 0.0345. The highest BCUT2D eigenvalue weighted by Crippen LogP contribution is 2.37. The van der Waals surface area contributed by atoms with Gasteiger partial charge >= 0.3 is 11.9 Å². The van der Waals surface area contributed by atoms with Crippen LogP contribution in [0.3, 0.4) is 0 Å². The number of aromatic hydroxyl groups is 1. The molecule has 30 heteroatoms. The molecule has 20 atom stereocenters. The fraction of sp³-hybridized carbons (Fsp3) is 0.740. The fourth-order valence-corrected chi connectivity index (χ4v) is 9.69. The summed E-state index contributed by atoms with van der Waals surface area (Å²) in [6.45, 7) is 0.199. The van der Waals surface area contributed by atoms with Crippen LogP contribution in [0.5, 0.6) is 5.75 Å². The lowest BCUT2D eigenvalue weighted by molar-refractivity contribution is -0.347. The first-order valence-electron chi connectivity index (χ1n) is 26.1. The zero-order chi connectivity index (χ0) is 59.2. The number of carboxylic acids is 1. The lowest BCUT2D eigenvalue weighted by atomic mass is 9.88. The van der Waals surface area contributed by atoms with Crippen molar-refractivity contribution in [3.8, 4) is 5.75 Å². The summed E-state index contributed by atoms with van der Waals surface area (Å²) in [7, 11) is 2.70. The molecule has 0 aliphatic carbocycles. The van der Waals surface area contributed by atoms with Crippen molar-refractivity contribution in [2.45, 2.75) is 187 Å². The number of aromatic nitrogens is 1. The maximum absolute atomic E-state index is 13.6. The topological polar surface area (TPSA) is 471 Å². The van der Waals surface area contributed by atoms with Gasteiger partial charge in [-0.2, -0.15) is 0 Å². The minimum atomic E-state index is -2.74. The van der Waals surface area contributed by atoms with E-state index in [-0.39, 0.29) is 34.9 Å². The minimum Gasteiger partial charge on any atom is -0.506 e. The predicted octanol–water partition coefficient (Wildman–Crippen LogP) is -5.17. The molecule has 0 spiro atoms. The van der Waals surface area contributed by atoms with E-state index in [2.05, 4.69) is 20.4 Å². The lowest BCUT2D eigenvalue weighted by Gasteiger charge is -2.49. The van der Waals surface area contributed by atoms with E-state index in [0.29, 0.717) is 12.8 Å². The van der Waals surface area contributed by atoms with Crippen LogP contribution in [0.2, 0.25) is 0 Å². The number of benzene rings is 1. The number of aromatic amines is 1. The highest BCUT2D eigenvalue weighted by Gasteiger charge is 2.59. The first-order chi connectivity index (χ1) is 38.0. The van der Waals surface area contributed by atoms with E-state index in [1.807, 2.05) is 0 Å². The third-order valence-electron chi connectivity index (χ3n) is 14.1. The molecule has 4 aliphatic heterocycles. The number of aliphatic carboxylic acids is 1. The van der Waals surface area contributed by atoms with Crippen molar-refractivity contribution in [3.05, 3.63) is 40.2 Å². The van der Waals surface area contributed by atoms with Gasteiger partial charge in [0.05, 0.1) is 57.3 Å². The molecule has 30 nitrogen and oxygen atoms in total. The maximum Gasteiger partial charge on any atom is 0.364 e. The van der Waals surface area contributed by atoms with E-state index in [9.17, 15) is 85.3 Å². The number of amides is 2. The van der Waals surface area contributed by atoms with Gasteiger partial charge in [-0.1, -0.05) is 31.7 Å². The summed E-state index contributed by atoms with van der Waals surface area (Å²) in [6, 6.07) is 2.98. The van der Waals surface area contributed by atoms with Crippen LogP contribution in [-0.2, 0) is 57.0 Å². The summed E-state index contributed by atoms with van der Waals surface area (Å²) in [5.74, 6) is -6.41. The van der Waals surface area contributed by atoms with Crippen molar-refractivity contribution >= 4 is 34.7 Å². The lowest BCUT2D eigenvalue weighted by Crippen LogP contribution is -2.69. The number of pyridine rings is 1. The van der Waals surface area contributed by atoms with E-state index in [4.69, 9.17) is 43.0 Å². The Kier molecular flexibility index (Phi) is 25.3. The SMILES string of the molecule is CC(=O)N[C@@H]1C(O)C[C@](OC2C(O)COC(CO)[C@@H]2O)(C(=O)O)OC1[C@H](O)[C@H](O)CO.COC(=O)CCCCCCCCO[C@@H]1OC(CO)[C@@H](OC2OC(C)[C@@H](O)C(O)C2O)C(OC)C1NC(=O)c1cc(=O)c2cccc(O)c2[nH]1. The van der Waals surface area contributed by atoms with Crippen LogP contribution in [-0.4, -0.2) is 264 Å². The Labute approximate surface area is 458 Å². The van der Waals surface area contributed by atoms with E-state index >= 15 is 0 Å². The molecule has 4 aliphatic rings. The number of phenols is 1. The van der Waals surface area contributed by atoms with Crippen molar-refractivity contribution in [3.63, 3.8) is 0 Å². The second kappa shape index (κ2) is 30.6. The number of aliphatic hydroxyl groups is 11.